The van der Waals surface area contributed by atoms with Gasteiger partial charge in [-0.25, -0.2) is 5.01 Å². The molecule has 0 aliphatic carbocycles. The van der Waals surface area contributed by atoms with Gasteiger partial charge in [0, 0.05) is 37.5 Å². The Labute approximate surface area is 241 Å². The Bertz CT molecular complexity index is 1440. The maximum absolute atomic E-state index is 13.2. The molecule has 1 saturated heterocycles. The van der Waals surface area contributed by atoms with Crippen molar-refractivity contribution in [3.05, 3.63) is 70.7 Å². The van der Waals surface area contributed by atoms with Crippen LogP contribution in [0.3, 0.4) is 0 Å². The van der Waals surface area contributed by atoms with E-state index in [0.29, 0.717) is 17.2 Å². The quantitative estimate of drug-likeness (QED) is 0.400. The first-order valence-electron chi connectivity index (χ1n) is 12.8. The van der Waals surface area contributed by atoms with Crippen molar-refractivity contribution in [2.24, 2.45) is 26.1 Å². The molecule has 0 unspecified atom stereocenters. The largest absolute Gasteiger partial charge is 0.391 e. The molecule has 1 fully saturated rings. The lowest BCUT2D eigenvalue weighted by Gasteiger charge is -2.32. The number of benzene rings is 2. The van der Waals surface area contributed by atoms with E-state index in [1.165, 1.54) is 11.9 Å². The summed E-state index contributed by atoms with van der Waals surface area (Å²) in [6.07, 6.45) is -4.69. The Morgan fingerprint density at radius 3 is 2.27 bits per heavy atom. The van der Waals surface area contributed by atoms with Gasteiger partial charge in [-0.3, -0.25) is 10.1 Å². The predicted molar refractivity (Wildman–Crippen MR) is 151 cm³/mol. The smallest absolute Gasteiger partial charge is 0.369 e. The zero-order valence-corrected chi connectivity index (χ0v) is 23.6. The Kier molecular flexibility index (Phi) is 9.34. The lowest BCUT2D eigenvalue weighted by atomic mass is 9.86. The summed E-state index contributed by atoms with van der Waals surface area (Å²) in [5.74, 6) is -3.16. The van der Waals surface area contributed by atoms with E-state index in [2.05, 4.69) is 14.7 Å². The van der Waals surface area contributed by atoms with Gasteiger partial charge in [-0.2, -0.15) is 36.0 Å². The number of hydrogen-bond acceptors (Lipinski definition) is 4. The normalized spacial score (nSPS) is 20.1. The van der Waals surface area contributed by atoms with Crippen LogP contribution >= 0.6 is 11.6 Å². The van der Waals surface area contributed by atoms with E-state index in [9.17, 15) is 26.4 Å². The summed E-state index contributed by atoms with van der Waals surface area (Å²) in [5, 5.41) is 8.77. The molecule has 0 spiro atoms. The fraction of sp³-hybridized carbons (Fsp3) is 0.385. The van der Waals surface area contributed by atoms with Crippen LogP contribution in [0, 0.1) is 5.92 Å². The number of hydrogen-bond donors (Lipinski definition) is 2. The molecule has 41 heavy (non-hydrogen) atoms. The topological polar surface area (TPSA) is 133 Å². The molecule has 220 valence electrons. The fourth-order valence-electron chi connectivity index (χ4n) is 4.69. The molecule has 2 aliphatic rings. The third-order valence-corrected chi connectivity index (χ3v) is 8.39. The summed E-state index contributed by atoms with van der Waals surface area (Å²) in [5.41, 5.74) is 8.14. The summed E-state index contributed by atoms with van der Waals surface area (Å²) >= 11 is 6.09. The number of nitrogens with one attached hydrogen (secondary N) is 1. The molecule has 15 heteroatoms. The van der Waals surface area contributed by atoms with E-state index < -0.39 is 40.1 Å². The van der Waals surface area contributed by atoms with Gasteiger partial charge in [0.2, 0.25) is 11.9 Å². The van der Waals surface area contributed by atoms with Crippen molar-refractivity contribution in [3.63, 3.8) is 0 Å². The number of rotatable bonds is 4. The monoisotopic (exact) mass is 611 g/mol. The van der Waals surface area contributed by atoms with Gasteiger partial charge in [-0.15, -0.1) is 4.40 Å². The van der Waals surface area contributed by atoms with E-state index in [-0.39, 0.29) is 38.4 Å². The molecule has 1 amide bonds. The van der Waals surface area contributed by atoms with Gasteiger partial charge in [-0.05, 0) is 42.5 Å². The molecule has 0 aromatic heterocycles. The van der Waals surface area contributed by atoms with Gasteiger partial charge in [0.15, 0.2) is 0 Å². The number of nitrogens with two attached hydrogens (primary N) is 1. The molecule has 2 aliphatic heterocycles. The molecule has 2 aromatic carbocycles. The van der Waals surface area contributed by atoms with Crippen LogP contribution in [-0.2, 0) is 15.0 Å². The molecular formula is C26H29ClF3N7O3S. The van der Waals surface area contributed by atoms with Gasteiger partial charge >= 0.3 is 16.4 Å². The Balaban J connectivity index is 1.74. The maximum atomic E-state index is 13.2. The van der Waals surface area contributed by atoms with E-state index >= 15 is 0 Å². The van der Waals surface area contributed by atoms with Gasteiger partial charge < -0.3 is 5.73 Å². The molecule has 10 nitrogen and oxygen atoms in total. The highest BCUT2D eigenvalue weighted by Crippen LogP contribution is 2.35. The van der Waals surface area contributed by atoms with Crippen molar-refractivity contribution in [2.45, 2.75) is 38.3 Å². The van der Waals surface area contributed by atoms with Crippen LogP contribution in [0.2, 0.25) is 5.02 Å². The molecule has 0 saturated carbocycles. The second kappa shape index (κ2) is 12.6. The molecule has 4 rings (SSSR count). The number of halogens is 4. The number of carbonyl (C=O) groups excluding carboxylic acids is 1. The number of piperidine rings is 1. The van der Waals surface area contributed by atoms with Crippen molar-refractivity contribution in [3.8, 4) is 0 Å². The number of carbonyl (C=O) groups is 1. The van der Waals surface area contributed by atoms with Crippen molar-refractivity contribution in [1.29, 1.82) is 0 Å². The second-order valence-electron chi connectivity index (χ2n) is 9.63. The van der Waals surface area contributed by atoms with Gasteiger partial charge in [0.05, 0.1) is 11.6 Å². The lowest BCUT2D eigenvalue weighted by molar-refractivity contribution is -0.182. The minimum absolute atomic E-state index is 0.162. The van der Waals surface area contributed by atoms with Crippen LogP contribution in [0.1, 0.15) is 43.2 Å². The Morgan fingerprint density at radius 1 is 1.05 bits per heavy atom. The van der Waals surface area contributed by atoms with Crippen molar-refractivity contribution in [1.82, 2.24) is 14.6 Å². The number of guanidine groups is 2. The summed E-state index contributed by atoms with van der Waals surface area (Å²) in [6.45, 7) is 0.661. The van der Waals surface area contributed by atoms with Crippen LogP contribution in [0.25, 0.3) is 0 Å². The van der Waals surface area contributed by atoms with E-state index in [1.807, 2.05) is 30.3 Å². The highest BCUT2D eigenvalue weighted by Gasteiger charge is 2.43. The molecule has 0 radical (unpaired) electrons. The number of nitrogens with zero attached hydrogens (tertiary/aromatic N) is 5. The summed E-state index contributed by atoms with van der Waals surface area (Å²) < 4.78 is 70.6. The van der Waals surface area contributed by atoms with Gasteiger partial charge in [0.25, 0.3) is 5.96 Å². The van der Waals surface area contributed by atoms with Crippen molar-refractivity contribution in [2.75, 3.05) is 19.6 Å². The summed E-state index contributed by atoms with van der Waals surface area (Å²) in [4.78, 5) is 15.6. The lowest BCUT2D eigenvalue weighted by Crippen LogP contribution is -2.43. The minimum atomic E-state index is -4.48. The minimum Gasteiger partial charge on any atom is -0.369 e. The summed E-state index contributed by atoms with van der Waals surface area (Å²) in [6, 6.07) is 16.6. The van der Waals surface area contributed by atoms with Gasteiger partial charge in [0.1, 0.15) is 0 Å². The average molecular weight is 612 g/mol. The van der Waals surface area contributed by atoms with Crippen LogP contribution in [-0.4, -0.2) is 67.1 Å². The second-order valence-corrected chi connectivity index (χ2v) is 11.7. The van der Waals surface area contributed by atoms with Crippen LogP contribution in [0.15, 0.2) is 69.1 Å². The zero-order valence-electron chi connectivity index (χ0n) is 22.1. The molecule has 1 atom stereocenters. The molecule has 3 N–H and O–H groups in total. The van der Waals surface area contributed by atoms with Crippen LogP contribution in [0.4, 0.5) is 13.2 Å². The standard InChI is InChI=1S/C26H29ClF3N7O3S/c1-17(38)32-24(31)33-25(35-41(39,40)36-14-11-20(12-15-36)26(28,29)30)37-16-13-22(18-5-3-2-4-6-18)23(34-37)19-7-9-21(27)10-8-19/h2-10,20,22H,11-16H2,1H3,(H3,31,32,33,35,38)/t22-/m1/s1. The maximum Gasteiger partial charge on any atom is 0.391 e. The first kappa shape index (κ1) is 30.5. The van der Waals surface area contributed by atoms with Gasteiger partial charge in [-0.1, -0.05) is 54.1 Å². The molecular weight excluding hydrogens is 583 g/mol. The number of hydrazone groups is 1. The SMILES string of the molecule is CC(=O)N/C(N)=N/C(=N/S(=O)(=O)N1CCC(C(F)(F)F)CC1)N1CC[C@H](c2ccccc2)C(c2ccc(Cl)cc2)=N1. The Morgan fingerprint density at radius 2 is 1.68 bits per heavy atom. The van der Waals surface area contributed by atoms with Crippen LogP contribution in [0.5, 0.6) is 0 Å². The zero-order chi connectivity index (χ0) is 29.8. The third-order valence-electron chi connectivity index (χ3n) is 6.73. The fourth-order valence-corrected chi connectivity index (χ4v) is 5.94. The average Bonchev–Trinajstić information content (AvgIpc) is 2.92. The molecule has 2 heterocycles. The highest BCUT2D eigenvalue weighted by atomic mass is 35.5. The van der Waals surface area contributed by atoms with Crippen molar-refractivity contribution < 1.29 is 26.4 Å². The predicted octanol–water partition coefficient (Wildman–Crippen LogP) is 3.86. The number of alkyl halides is 3. The van der Waals surface area contributed by atoms with E-state index in [4.69, 9.17) is 22.4 Å². The van der Waals surface area contributed by atoms with Crippen molar-refractivity contribution >= 4 is 45.3 Å². The van der Waals surface area contributed by atoms with E-state index in [1.54, 1.807) is 24.3 Å². The molecule has 0 bridgehead atoms. The third kappa shape index (κ3) is 7.83. The Hall–Kier alpha value is -3.49. The summed E-state index contributed by atoms with van der Waals surface area (Å²) in [7, 11) is -4.48. The number of aliphatic imine (C=N–C) groups is 1. The number of amides is 1. The first-order valence-corrected chi connectivity index (χ1v) is 14.6. The highest BCUT2D eigenvalue weighted by molar-refractivity contribution is 7.87. The van der Waals surface area contributed by atoms with Crippen LogP contribution < -0.4 is 11.1 Å². The molecule has 2 aromatic rings. The first-order chi connectivity index (χ1) is 19.3. The van der Waals surface area contributed by atoms with E-state index in [0.717, 1.165) is 15.4 Å².